The second kappa shape index (κ2) is 7.23. The summed E-state index contributed by atoms with van der Waals surface area (Å²) >= 11 is 5.85. The van der Waals surface area contributed by atoms with Crippen molar-refractivity contribution in [2.24, 2.45) is 0 Å². The molecule has 110 valence electrons. The summed E-state index contributed by atoms with van der Waals surface area (Å²) in [4.78, 5) is 21.7. The maximum absolute atomic E-state index is 11.0. The van der Waals surface area contributed by atoms with E-state index in [0.29, 0.717) is 5.56 Å². The van der Waals surface area contributed by atoms with E-state index in [2.05, 4.69) is 4.74 Å². The van der Waals surface area contributed by atoms with Crippen molar-refractivity contribution < 1.29 is 29.6 Å². The lowest BCUT2D eigenvalue weighted by Gasteiger charge is -2.18. The SMILES string of the molecule is COC(=O)CC(O)C(O)c1ccc(Cl)c(CC(=O)O)c1. The first-order valence-corrected chi connectivity index (χ1v) is 6.16. The second-order valence-electron chi connectivity index (χ2n) is 4.21. The number of esters is 1. The Morgan fingerprint density at radius 3 is 2.55 bits per heavy atom. The predicted octanol–water partition coefficient (Wildman–Crippen LogP) is 0.925. The summed E-state index contributed by atoms with van der Waals surface area (Å²) in [6, 6.07) is 4.28. The van der Waals surface area contributed by atoms with E-state index in [-0.39, 0.29) is 23.4 Å². The lowest BCUT2D eigenvalue weighted by molar-refractivity contribution is -0.144. The van der Waals surface area contributed by atoms with Crippen LogP contribution in [0.15, 0.2) is 18.2 Å². The van der Waals surface area contributed by atoms with Gasteiger partial charge in [-0.2, -0.15) is 0 Å². The number of rotatable bonds is 6. The monoisotopic (exact) mass is 302 g/mol. The Morgan fingerprint density at radius 2 is 2.00 bits per heavy atom. The summed E-state index contributed by atoms with van der Waals surface area (Å²) in [6.45, 7) is 0. The summed E-state index contributed by atoms with van der Waals surface area (Å²) < 4.78 is 4.39. The summed E-state index contributed by atoms with van der Waals surface area (Å²) in [6.07, 6.45) is -3.35. The molecule has 1 rings (SSSR count). The van der Waals surface area contributed by atoms with Crippen molar-refractivity contribution in [2.75, 3.05) is 7.11 Å². The zero-order valence-electron chi connectivity index (χ0n) is 10.7. The van der Waals surface area contributed by atoms with E-state index in [9.17, 15) is 19.8 Å². The van der Waals surface area contributed by atoms with Gasteiger partial charge >= 0.3 is 11.9 Å². The zero-order chi connectivity index (χ0) is 15.3. The molecule has 0 bridgehead atoms. The predicted molar refractivity (Wildman–Crippen MR) is 70.4 cm³/mol. The van der Waals surface area contributed by atoms with Gasteiger partial charge in [0.15, 0.2) is 0 Å². The first-order chi connectivity index (χ1) is 9.35. The van der Waals surface area contributed by atoms with Gasteiger partial charge in [-0.15, -0.1) is 0 Å². The van der Waals surface area contributed by atoms with Gasteiger partial charge in [0.1, 0.15) is 6.10 Å². The number of carboxylic acid groups (broad SMARTS) is 1. The molecule has 0 aliphatic carbocycles. The highest BCUT2D eigenvalue weighted by atomic mass is 35.5. The smallest absolute Gasteiger partial charge is 0.308 e. The molecular weight excluding hydrogens is 288 g/mol. The van der Waals surface area contributed by atoms with Crippen LogP contribution >= 0.6 is 11.6 Å². The standard InChI is InChI=1S/C13H15ClO6/c1-20-12(18)6-10(15)13(19)7-2-3-9(14)8(4-7)5-11(16)17/h2-4,10,13,15,19H,5-6H2,1H3,(H,16,17). The number of hydrogen-bond donors (Lipinski definition) is 3. The Morgan fingerprint density at radius 1 is 1.35 bits per heavy atom. The zero-order valence-corrected chi connectivity index (χ0v) is 11.5. The molecule has 0 saturated heterocycles. The van der Waals surface area contributed by atoms with Crippen molar-refractivity contribution in [2.45, 2.75) is 25.0 Å². The fourth-order valence-corrected chi connectivity index (χ4v) is 1.85. The summed E-state index contributed by atoms with van der Waals surface area (Å²) in [5.41, 5.74) is 0.600. The molecule has 20 heavy (non-hydrogen) atoms. The average Bonchev–Trinajstić information content (AvgIpc) is 2.39. The normalized spacial score (nSPS) is 13.6. The number of aliphatic hydroxyl groups is 2. The molecule has 7 heteroatoms. The third-order valence-electron chi connectivity index (χ3n) is 2.72. The summed E-state index contributed by atoms with van der Waals surface area (Å²) in [5.74, 6) is -1.72. The van der Waals surface area contributed by atoms with Gasteiger partial charge in [-0.05, 0) is 17.2 Å². The third-order valence-corrected chi connectivity index (χ3v) is 3.09. The van der Waals surface area contributed by atoms with Crippen molar-refractivity contribution in [1.82, 2.24) is 0 Å². The van der Waals surface area contributed by atoms with Gasteiger partial charge in [-0.3, -0.25) is 9.59 Å². The van der Waals surface area contributed by atoms with E-state index < -0.39 is 24.1 Å². The van der Waals surface area contributed by atoms with Crippen LogP contribution in [0.25, 0.3) is 0 Å². The van der Waals surface area contributed by atoms with Crippen molar-refractivity contribution in [3.05, 3.63) is 34.3 Å². The van der Waals surface area contributed by atoms with E-state index in [1.165, 1.54) is 25.3 Å². The van der Waals surface area contributed by atoms with E-state index in [4.69, 9.17) is 16.7 Å². The number of carbonyl (C=O) groups is 2. The lowest BCUT2D eigenvalue weighted by Crippen LogP contribution is -2.22. The minimum atomic E-state index is -1.35. The van der Waals surface area contributed by atoms with Gasteiger partial charge in [-0.25, -0.2) is 0 Å². The Hall–Kier alpha value is -1.63. The molecule has 3 N–H and O–H groups in total. The molecular formula is C13H15ClO6. The molecule has 0 aliphatic rings. The molecule has 0 spiro atoms. The van der Waals surface area contributed by atoms with Crippen molar-refractivity contribution in [1.29, 1.82) is 0 Å². The van der Waals surface area contributed by atoms with Crippen LogP contribution in [-0.2, 0) is 20.7 Å². The number of ether oxygens (including phenoxy) is 1. The molecule has 0 saturated carbocycles. The van der Waals surface area contributed by atoms with E-state index in [1.54, 1.807) is 0 Å². The molecule has 1 aromatic rings. The number of carboxylic acids is 1. The van der Waals surface area contributed by atoms with Crippen LogP contribution < -0.4 is 0 Å². The number of methoxy groups -OCH3 is 1. The average molecular weight is 303 g/mol. The lowest BCUT2D eigenvalue weighted by atomic mass is 9.99. The fourth-order valence-electron chi connectivity index (χ4n) is 1.66. The Bertz CT molecular complexity index is 502. The third kappa shape index (κ3) is 4.48. The van der Waals surface area contributed by atoms with E-state index in [1.807, 2.05) is 0 Å². The van der Waals surface area contributed by atoms with Crippen LogP contribution in [0, 0.1) is 0 Å². The van der Waals surface area contributed by atoms with Crippen LogP contribution in [0.4, 0.5) is 0 Å². The highest BCUT2D eigenvalue weighted by Crippen LogP contribution is 2.25. The van der Waals surface area contributed by atoms with Gasteiger partial charge < -0.3 is 20.1 Å². The van der Waals surface area contributed by atoms with Gasteiger partial charge in [0.25, 0.3) is 0 Å². The molecule has 0 radical (unpaired) electrons. The maximum Gasteiger partial charge on any atom is 0.308 e. The minimum absolute atomic E-state index is 0.255. The van der Waals surface area contributed by atoms with Crippen LogP contribution in [-0.4, -0.2) is 40.5 Å². The largest absolute Gasteiger partial charge is 0.481 e. The number of halogens is 1. The highest BCUT2D eigenvalue weighted by Gasteiger charge is 2.22. The van der Waals surface area contributed by atoms with Crippen molar-refractivity contribution >= 4 is 23.5 Å². The number of carbonyl (C=O) groups excluding carboxylic acids is 1. The van der Waals surface area contributed by atoms with E-state index >= 15 is 0 Å². The summed E-state index contributed by atoms with van der Waals surface area (Å²) in [5, 5.41) is 28.7. The topological polar surface area (TPSA) is 104 Å². The number of hydrogen-bond acceptors (Lipinski definition) is 5. The molecule has 0 aromatic heterocycles. The first-order valence-electron chi connectivity index (χ1n) is 5.78. The molecule has 2 unspecified atom stereocenters. The molecule has 0 amide bonds. The minimum Gasteiger partial charge on any atom is -0.481 e. The number of aliphatic carboxylic acids is 1. The quantitative estimate of drug-likeness (QED) is 0.675. The van der Waals surface area contributed by atoms with Crippen LogP contribution in [0.5, 0.6) is 0 Å². The van der Waals surface area contributed by atoms with Crippen LogP contribution in [0.2, 0.25) is 5.02 Å². The Balaban J connectivity index is 2.90. The molecule has 0 fully saturated rings. The first kappa shape index (κ1) is 16.4. The Labute approximate surface area is 120 Å². The fraction of sp³-hybridized carbons (Fsp3) is 0.385. The molecule has 1 aromatic carbocycles. The van der Waals surface area contributed by atoms with Crippen molar-refractivity contribution in [3.8, 4) is 0 Å². The van der Waals surface area contributed by atoms with Gasteiger partial charge in [0, 0.05) is 5.02 Å². The number of aliphatic hydroxyl groups excluding tert-OH is 2. The highest BCUT2D eigenvalue weighted by molar-refractivity contribution is 6.31. The number of benzene rings is 1. The maximum atomic E-state index is 11.0. The second-order valence-corrected chi connectivity index (χ2v) is 4.62. The van der Waals surface area contributed by atoms with Crippen LogP contribution in [0.3, 0.4) is 0 Å². The van der Waals surface area contributed by atoms with E-state index in [0.717, 1.165) is 0 Å². The van der Waals surface area contributed by atoms with Crippen LogP contribution in [0.1, 0.15) is 23.7 Å². The summed E-state index contributed by atoms with van der Waals surface area (Å²) in [7, 11) is 1.18. The van der Waals surface area contributed by atoms with Gasteiger partial charge in [0.2, 0.25) is 0 Å². The van der Waals surface area contributed by atoms with Gasteiger partial charge in [0.05, 0.1) is 26.1 Å². The van der Waals surface area contributed by atoms with Gasteiger partial charge in [-0.1, -0.05) is 23.7 Å². The molecule has 0 heterocycles. The molecule has 6 nitrogen and oxygen atoms in total. The molecule has 0 aliphatic heterocycles. The van der Waals surface area contributed by atoms with Crippen molar-refractivity contribution in [3.63, 3.8) is 0 Å². The Kier molecular flexibility index (Phi) is 5.94. The molecule has 2 atom stereocenters.